The lowest BCUT2D eigenvalue weighted by atomic mass is 10.4. The second kappa shape index (κ2) is 1.78. The highest BCUT2D eigenvalue weighted by atomic mass is 35.5. The summed E-state index contributed by atoms with van der Waals surface area (Å²) in [6.45, 7) is 1.87. The molecule has 0 aromatic heterocycles. The average Bonchev–Trinajstić information content (AvgIpc) is 1.85. The van der Waals surface area contributed by atoms with E-state index in [-0.39, 0.29) is 11.9 Å². The molecule has 1 atom stereocenters. The third kappa shape index (κ3) is 0.842. The van der Waals surface area contributed by atoms with Crippen molar-refractivity contribution in [3.8, 4) is 0 Å². The summed E-state index contributed by atoms with van der Waals surface area (Å²) in [4.78, 5) is 10.5. The first kappa shape index (κ1) is 5.63. The van der Waals surface area contributed by atoms with E-state index in [9.17, 15) is 4.79 Å². The first-order valence-electron chi connectivity index (χ1n) is 2.38. The zero-order valence-corrected chi connectivity index (χ0v) is 5.20. The van der Waals surface area contributed by atoms with Crippen LogP contribution in [0.5, 0.6) is 0 Å². The number of carbonyl (C=O) groups excluding carboxylic acids is 1. The SMILES string of the molecule is C[C@H]1C=C(Cl)C(=O)N1. The molecule has 0 saturated carbocycles. The lowest BCUT2D eigenvalue weighted by molar-refractivity contribution is -0.116. The van der Waals surface area contributed by atoms with Crippen LogP contribution in [0.2, 0.25) is 0 Å². The fourth-order valence-electron chi connectivity index (χ4n) is 0.613. The van der Waals surface area contributed by atoms with Gasteiger partial charge in [-0.25, -0.2) is 0 Å². The molecule has 2 nitrogen and oxygen atoms in total. The first-order chi connectivity index (χ1) is 3.70. The maximum absolute atomic E-state index is 10.5. The van der Waals surface area contributed by atoms with Crippen LogP contribution in [0.3, 0.4) is 0 Å². The molecule has 0 aromatic carbocycles. The van der Waals surface area contributed by atoms with Gasteiger partial charge in [0, 0.05) is 6.04 Å². The Hall–Kier alpha value is -0.500. The lowest BCUT2D eigenvalue weighted by Crippen LogP contribution is -2.23. The zero-order valence-electron chi connectivity index (χ0n) is 4.44. The van der Waals surface area contributed by atoms with Gasteiger partial charge in [-0.2, -0.15) is 0 Å². The van der Waals surface area contributed by atoms with Crippen LogP contribution < -0.4 is 5.32 Å². The van der Waals surface area contributed by atoms with Crippen LogP contribution in [0.15, 0.2) is 11.1 Å². The van der Waals surface area contributed by atoms with Crippen molar-refractivity contribution in [1.29, 1.82) is 0 Å². The number of hydrogen-bond donors (Lipinski definition) is 1. The lowest BCUT2D eigenvalue weighted by Gasteiger charge is -1.95. The van der Waals surface area contributed by atoms with E-state index in [0.29, 0.717) is 5.03 Å². The molecule has 0 aliphatic carbocycles. The van der Waals surface area contributed by atoms with Crippen molar-refractivity contribution >= 4 is 17.5 Å². The molecular formula is C5H6ClNO. The van der Waals surface area contributed by atoms with Crippen LogP contribution in [0, 0.1) is 0 Å². The van der Waals surface area contributed by atoms with Crippen LogP contribution in [-0.2, 0) is 4.79 Å². The van der Waals surface area contributed by atoms with Gasteiger partial charge < -0.3 is 5.32 Å². The topological polar surface area (TPSA) is 29.1 Å². The third-order valence-electron chi connectivity index (χ3n) is 0.972. The van der Waals surface area contributed by atoms with Crippen LogP contribution in [-0.4, -0.2) is 11.9 Å². The van der Waals surface area contributed by atoms with E-state index in [1.165, 1.54) is 0 Å². The molecule has 0 saturated heterocycles. The monoisotopic (exact) mass is 131 g/mol. The van der Waals surface area contributed by atoms with Crippen molar-refractivity contribution in [3.63, 3.8) is 0 Å². The molecule has 0 bridgehead atoms. The molecule has 0 radical (unpaired) electrons. The quantitative estimate of drug-likeness (QED) is 0.513. The van der Waals surface area contributed by atoms with Crippen LogP contribution >= 0.6 is 11.6 Å². The van der Waals surface area contributed by atoms with Gasteiger partial charge in [-0.1, -0.05) is 11.6 Å². The first-order valence-corrected chi connectivity index (χ1v) is 2.76. The highest BCUT2D eigenvalue weighted by Gasteiger charge is 2.16. The van der Waals surface area contributed by atoms with Crippen molar-refractivity contribution < 1.29 is 4.79 Å². The summed E-state index contributed by atoms with van der Waals surface area (Å²) >= 11 is 5.41. The normalized spacial score (nSPS) is 27.5. The predicted octanol–water partition coefficient (Wildman–Crippen LogP) is 0.627. The van der Waals surface area contributed by atoms with Crippen LogP contribution in [0.25, 0.3) is 0 Å². The highest BCUT2D eigenvalue weighted by molar-refractivity contribution is 6.42. The van der Waals surface area contributed by atoms with E-state index < -0.39 is 0 Å². The van der Waals surface area contributed by atoms with Crippen molar-refractivity contribution in [2.75, 3.05) is 0 Å². The Balaban J connectivity index is 2.73. The summed E-state index contributed by atoms with van der Waals surface area (Å²) in [5.41, 5.74) is 0. The van der Waals surface area contributed by atoms with Gasteiger partial charge in [0.05, 0.1) is 0 Å². The maximum Gasteiger partial charge on any atom is 0.262 e. The smallest absolute Gasteiger partial charge is 0.262 e. The third-order valence-corrected chi connectivity index (χ3v) is 1.27. The van der Waals surface area contributed by atoms with Crippen molar-refractivity contribution in [2.45, 2.75) is 13.0 Å². The van der Waals surface area contributed by atoms with Gasteiger partial charge in [0.15, 0.2) is 0 Å². The Morgan fingerprint density at radius 3 is 2.62 bits per heavy atom. The summed E-state index contributed by atoms with van der Waals surface area (Å²) < 4.78 is 0. The minimum Gasteiger partial charge on any atom is -0.345 e. The predicted molar refractivity (Wildman–Crippen MR) is 31.5 cm³/mol. The summed E-state index contributed by atoms with van der Waals surface area (Å²) in [5, 5.41) is 2.91. The van der Waals surface area contributed by atoms with E-state index in [1.54, 1.807) is 6.08 Å². The summed E-state index contributed by atoms with van der Waals surface area (Å²) in [7, 11) is 0. The number of hydrogen-bond acceptors (Lipinski definition) is 1. The summed E-state index contributed by atoms with van der Waals surface area (Å²) in [5.74, 6) is -0.167. The number of nitrogens with one attached hydrogen (secondary N) is 1. The molecule has 1 aliphatic rings. The number of amides is 1. The summed E-state index contributed by atoms with van der Waals surface area (Å²) in [6.07, 6.45) is 1.68. The van der Waals surface area contributed by atoms with Crippen molar-refractivity contribution in [3.05, 3.63) is 11.1 Å². The standard InChI is InChI=1S/C5H6ClNO/c1-3-2-4(6)5(8)7-3/h2-3H,1H3,(H,7,8)/t3-/m0/s1. The van der Waals surface area contributed by atoms with Gasteiger partial charge in [-0.3, -0.25) is 4.79 Å². The average molecular weight is 132 g/mol. The molecule has 1 rings (SSSR count). The van der Waals surface area contributed by atoms with Crippen LogP contribution in [0.1, 0.15) is 6.92 Å². The van der Waals surface area contributed by atoms with E-state index in [0.717, 1.165) is 0 Å². The van der Waals surface area contributed by atoms with Gasteiger partial charge in [0.25, 0.3) is 5.91 Å². The van der Waals surface area contributed by atoms with Crippen LogP contribution in [0.4, 0.5) is 0 Å². The molecule has 8 heavy (non-hydrogen) atoms. The number of rotatable bonds is 0. The molecule has 0 fully saturated rings. The molecule has 1 N–H and O–H groups in total. The van der Waals surface area contributed by atoms with Gasteiger partial charge in [-0.15, -0.1) is 0 Å². The Labute approximate surface area is 52.5 Å². The molecular weight excluding hydrogens is 126 g/mol. The van der Waals surface area contributed by atoms with Gasteiger partial charge in [0.2, 0.25) is 0 Å². The van der Waals surface area contributed by atoms with Gasteiger partial charge in [0.1, 0.15) is 5.03 Å². The van der Waals surface area contributed by atoms with E-state index in [1.807, 2.05) is 6.92 Å². The molecule has 1 heterocycles. The number of halogens is 1. The second-order valence-corrected chi connectivity index (χ2v) is 2.18. The fraction of sp³-hybridized carbons (Fsp3) is 0.400. The maximum atomic E-state index is 10.5. The molecule has 0 aromatic rings. The number of carbonyl (C=O) groups is 1. The largest absolute Gasteiger partial charge is 0.345 e. The molecule has 0 unspecified atom stereocenters. The molecule has 1 aliphatic heterocycles. The fourth-order valence-corrected chi connectivity index (χ4v) is 0.856. The minimum absolute atomic E-state index is 0.106. The highest BCUT2D eigenvalue weighted by Crippen LogP contribution is 2.09. The van der Waals surface area contributed by atoms with E-state index >= 15 is 0 Å². The molecule has 3 heteroatoms. The Morgan fingerprint density at radius 1 is 1.88 bits per heavy atom. The second-order valence-electron chi connectivity index (χ2n) is 1.78. The summed E-state index contributed by atoms with van der Waals surface area (Å²) in [6, 6.07) is 0.106. The Kier molecular flexibility index (Phi) is 1.26. The molecule has 44 valence electrons. The Bertz CT molecular complexity index is 153. The molecule has 1 amide bonds. The minimum atomic E-state index is -0.167. The van der Waals surface area contributed by atoms with E-state index in [4.69, 9.17) is 11.6 Å². The van der Waals surface area contributed by atoms with Gasteiger partial charge >= 0.3 is 0 Å². The Morgan fingerprint density at radius 2 is 2.50 bits per heavy atom. The molecule has 0 spiro atoms. The van der Waals surface area contributed by atoms with Crippen molar-refractivity contribution in [1.82, 2.24) is 5.32 Å². The van der Waals surface area contributed by atoms with Gasteiger partial charge in [-0.05, 0) is 13.0 Å². The van der Waals surface area contributed by atoms with E-state index in [2.05, 4.69) is 5.32 Å². The van der Waals surface area contributed by atoms with Crippen molar-refractivity contribution in [2.24, 2.45) is 0 Å². The zero-order chi connectivity index (χ0) is 6.15.